The fraction of sp³-hybridized carbons (Fsp3) is 0.409. The van der Waals surface area contributed by atoms with Crippen LogP contribution in [0.5, 0.6) is 0 Å². The molecular weight excluding hydrogens is 372 g/mol. The standard InChI is InChI=1S/C22H26N2O3S/c25-23(20-12-2-1-3-13-20)17-19-10-5-7-15-22(19)28(26,27)24-16-8-11-18-9-4-6-14-21(18)24/h4-7,9-10,14-15,17,20H,1-3,8,11-13,16H2. The van der Waals surface area contributed by atoms with Crippen molar-refractivity contribution in [2.75, 3.05) is 10.8 Å². The van der Waals surface area contributed by atoms with E-state index in [2.05, 4.69) is 0 Å². The molecule has 0 unspecified atom stereocenters. The summed E-state index contributed by atoms with van der Waals surface area (Å²) >= 11 is 0. The molecule has 28 heavy (non-hydrogen) atoms. The van der Waals surface area contributed by atoms with Crippen molar-refractivity contribution < 1.29 is 13.2 Å². The van der Waals surface area contributed by atoms with Gasteiger partial charge in [-0.2, -0.15) is 0 Å². The first kappa shape index (κ1) is 19.0. The van der Waals surface area contributed by atoms with Crippen LogP contribution in [0.1, 0.15) is 49.7 Å². The maximum Gasteiger partial charge on any atom is 0.265 e. The van der Waals surface area contributed by atoms with Gasteiger partial charge in [0.15, 0.2) is 12.3 Å². The minimum atomic E-state index is -3.75. The van der Waals surface area contributed by atoms with Crippen LogP contribution >= 0.6 is 0 Å². The number of anilines is 1. The Bertz CT molecular complexity index is 979. The van der Waals surface area contributed by atoms with Gasteiger partial charge in [0.1, 0.15) is 4.90 Å². The van der Waals surface area contributed by atoms with E-state index >= 15 is 0 Å². The van der Waals surface area contributed by atoms with Crippen LogP contribution in [0, 0.1) is 5.21 Å². The molecule has 0 N–H and O–H groups in total. The predicted octanol–water partition coefficient (Wildman–Crippen LogP) is 4.09. The Kier molecular flexibility index (Phi) is 5.40. The molecule has 2 aromatic rings. The van der Waals surface area contributed by atoms with E-state index in [1.54, 1.807) is 24.3 Å². The molecule has 148 valence electrons. The van der Waals surface area contributed by atoms with Gasteiger partial charge in [0.2, 0.25) is 0 Å². The minimum Gasteiger partial charge on any atom is -0.624 e. The number of fused-ring (bicyclic) bond motifs is 1. The van der Waals surface area contributed by atoms with Crippen LogP contribution in [0.2, 0.25) is 0 Å². The maximum atomic E-state index is 13.5. The number of nitrogens with zero attached hydrogens (tertiary/aromatic N) is 2. The molecule has 1 saturated carbocycles. The van der Waals surface area contributed by atoms with Gasteiger partial charge in [-0.15, -0.1) is 0 Å². The molecule has 0 saturated heterocycles. The second-order valence-electron chi connectivity index (χ2n) is 7.63. The Labute approximate surface area is 167 Å². The zero-order valence-corrected chi connectivity index (χ0v) is 16.8. The van der Waals surface area contributed by atoms with Gasteiger partial charge in [-0.25, -0.2) is 13.2 Å². The number of aryl methyl sites for hydroxylation is 1. The van der Waals surface area contributed by atoms with Gasteiger partial charge in [0.05, 0.1) is 11.3 Å². The largest absolute Gasteiger partial charge is 0.624 e. The third kappa shape index (κ3) is 3.65. The molecule has 0 atom stereocenters. The molecule has 0 radical (unpaired) electrons. The summed E-state index contributed by atoms with van der Waals surface area (Å²) in [6.07, 6.45) is 8.17. The van der Waals surface area contributed by atoms with E-state index in [-0.39, 0.29) is 10.9 Å². The van der Waals surface area contributed by atoms with Crippen LogP contribution in [0.15, 0.2) is 53.4 Å². The van der Waals surface area contributed by atoms with E-state index < -0.39 is 10.0 Å². The van der Waals surface area contributed by atoms with Crippen LogP contribution in [-0.2, 0) is 16.4 Å². The molecule has 1 aliphatic heterocycles. The number of rotatable bonds is 4. The second kappa shape index (κ2) is 7.95. The van der Waals surface area contributed by atoms with Gasteiger partial charge in [-0.3, -0.25) is 4.31 Å². The lowest BCUT2D eigenvalue weighted by Gasteiger charge is -2.30. The van der Waals surface area contributed by atoms with Crippen molar-refractivity contribution in [2.45, 2.75) is 55.9 Å². The highest BCUT2D eigenvalue weighted by atomic mass is 32.2. The molecule has 0 spiro atoms. The van der Waals surface area contributed by atoms with Crippen molar-refractivity contribution >= 4 is 21.9 Å². The summed E-state index contributed by atoms with van der Waals surface area (Å²) in [5.74, 6) is 0. The first-order chi connectivity index (χ1) is 13.6. The van der Waals surface area contributed by atoms with Crippen molar-refractivity contribution in [3.05, 3.63) is 64.9 Å². The quantitative estimate of drug-likeness (QED) is 0.337. The minimum absolute atomic E-state index is 0.0553. The lowest BCUT2D eigenvalue weighted by molar-refractivity contribution is -0.500. The highest BCUT2D eigenvalue weighted by Crippen LogP contribution is 2.32. The molecule has 1 heterocycles. The summed E-state index contributed by atoms with van der Waals surface area (Å²) < 4.78 is 29.5. The number of hydroxylamine groups is 1. The van der Waals surface area contributed by atoms with Crippen molar-refractivity contribution in [3.8, 4) is 0 Å². The number of para-hydroxylation sites is 1. The Balaban J connectivity index is 1.72. The average Bonchev–Trinajstić information content (AvgIpc) is 2.74. The topological polar surface area (TPSA) is 63.4 Å². The van der Waals surface area contributed by atoms with E-state index in [1.165, 1.54) is 16.9 Å². The molecule has 2 aliphatic rings. The third-order valence-corrected chi connectivity index (χ3v) is 7.64. The van der Waals surface area contributed by atoms with Crippen LogP contribution in [0.25, 0.3) is 0 Å². The Morgan fingerprint density at radius 3 is 2.50 bits per heavy atom. The maximum absolute atomic E-state index is 13.5. The summed E-state index contributed by atoms with van der Waals surface area (Å²) in [4.78, 5) is 0.198. The van der Waals surface area contributed by atoms with Crippen molar-refractivity contribution in [1.82, 2.24) is 0 Å². The SMILES string of the molecule is O=S(=O)(c1ccccc1C=[N+]([O-])C1CCCCC1)N1CCCc2ccccc21. The second-order valence-corrected chi connectivity index (χ2v) is 9.46. The van der Waals surface area contributed by atoms with E-state index in [9.17, 15) is 13.6 Å². The molecular formula is C22H26N2O3S. The van der Waals surface area contributed by atoms with Gasteiger partial charge < -0.3 is 5.21 Å². The smallest absolute Gasteiger partial charge is 0.265 e. The van der Waals surface area contributed by atoms with Gasteiger partial charge >= 0.3 is 0 Å². The summed E-state index contributed by atoms with van der Waals surface area (Å²) in [5, 5.41) is 12.7. The fourth-order valence-corrected chi connectivity index (χ4v) is 5.98. The average molecular weight is 399 g/mol. The lowest BCUT2D eigenvalue weighted by Crippen LogP contribution is -2.36. The Morgan fingerprint density at radius 2 is 1.68 bits per heavy atom. The highest BCUT2D eigenvalue weighted by Gasteiger charge is 2.31. The summed E-state index contributed by atoms with van der Waals surface area (Å²) in [5.41, 5.74) is 2.26. The monoisotopic (exact) mass is 398 g/mol. The van der Waals surface area contributed by atoms with E-state index in [4.69, 9.17) is 0 Å². The molecule has 6 heteroatoms. The molecule has 4 rings (SSSR count). The summed E-state index contributed by atoms with van der Waals surface area (Å²) in [6.45, 7) is 0.456. The van der Waals surface area contributed by atoms with E-state index in [0.717, 1.165) is 54.5 Å². The summed E-state index contributed by atoms with van der Waals surface area (Å²) in [6, 6.07) is 14.4. The van der Waals surface area contributed by atoms with Crippen molar-refractivity contribution in [3.63, 3.8) is 0 Å². The lowest BCUT2D eigenvalue weighted by atomic mass is 9.96. The zero-order valence-electron chi connectivity index (χ0n) is 16.0. The number of sulfonamides is 1. The predicted molar refractivity (Wildman–Crippen MR) is 111 cm³/mol. The van der Waals surface area contributed by atoms with Crippen LogP contribution in [0.3, 0.4) is 0 Å². The fourth-order valence-electron chi connectivity index (χ4n) is 4.27. The summed E-state index contributed by atoms with van der Waals surface area (Å²) in [7, 11) is -3.75. The number of hydrogen-bond acceptors (Lipinski definition) is 3. The van der Waals surface area contributed by atoms with Gasteiger partial charge in [-0.1, -0.05) is 36.8 Å². The molecule has 2 aromatic carbocycles. The number of benzene rings is 2. The highest BCUT2D eigenvalue weighted by molar-refractivity contribution is 7.93. The molecule has 0 amide bonds. The number of hydrogen-bond donors (Lipinski definition) is 0. The van der Waals surface area contributed by atoms with Crippen LogP contribution in [-0.4, -0.2) is 32.0 Å². The molecule has 0 bridgehead atoms. The molecule has 0 aromatic heterocycles. The van der Waals surface area contributed by atoms with Gasteiger partial charge in [0, 0.05) is 19.4 Å². The third-order valence-electron chi connectivity index (χ3n) is 5.76. The zero-order chi connectivity index (χ0) is 19.6. The first-order valence-corrected chi connectivity index (χ1v) is 11.5. The first-order valence-electron chi connectivity index (χ1n) is 10.1. The molecule has 1 aliphatic carbocycles. The van der Waals surface area contributed by atoms with Gasteiger partial charge in [-0.05, 0) is 49.4 Å². The normalized spacial score (nSPS) is 18.7. The van der Waals surface area contributed by atoms with Crippen molar-refractivity contribution in [2.24, 2.45) is 0 Å². The Hall–Kier alpha value is -2.34. The van der Waals surface area contributed by atoms with E-state index in [0.29, 0.717) is 12.1 Å². The van der Waals surface area contributed by atoms with Crippen LogP contribution < -0.4 is 4.31 Å². The van der Waals surface area contributed by atoms with Gasteiger partial charge in [0.25, 0.3) is 10.0 Å². The van der Waals surface area contributed by atoms with Crippen LogP contribution in [0.4, 0.5) is 5.69 Å². The molecule has 5 nitrogen and oxygen atoms in total. The van der Waals surface area contributed by atoms with E-state index in [1.807, 2.05) is 24.3 Å². The molecule has 1 fully saturated rings. The van der Waals surface area contributed by atoms with Crippen molar-refractivity contribution in [1.29, 1.82) is 0 Å². The Morgan fingerprint density at radius 1 is 0.964 bits per heavy atom.